The summed E-state index contributed by atoms with van der Waals surface area (Å²) < 4.78 is 13.1. The number of rotatable bonds is 6. The highest BCUT2D eigenvalue weighted by Crippen LogP contribution is 2.27. The van der Waals surface area contributed by atoms with E-state index in [9.17, 15) is 24.1 Å². The number of fused-ring (bicyclic) bond motifs is 1. The van der Waals surface area contributed by atoms with Gasteiger partial charge >= 0.3 is 0 Å². The van der Waals surface area contributed by atoms with E-state index in [-0.39, 0.29) is 34.0 Å². The van der Waals surface area contributed by atoms with Crippen LogP contribution in [0.2, 0.25) is 10.0 Å². The second-order valence-corrected chi connectivity index (χ2v) is 7.94. The summed E-state index contributed by atoms with van der Waals surface area (Å²) in [4.78, 5) is 43.1. The highest BCUT2D eigenvalue weighted by atomic mass is 35.5. The van der Waals surface area contributed by atoms with Crippen molar-refractivity contribution in [1.29, 1.82) is 0 Å². The van der Waals surface area contributed by atoms with Crippen molar-refractivity contribution in [3.63, 3.8) is 0 Å². The van der Waals surface area contributed by atoms with Crippen LogP contribution in [0.15, 0.2) is 59.4 Å². The number of hydrogen-bond donors (Lipinski definition) is 3. The second kappa shape index (κ2) is 9.46. The first-order chi connectivity index (χ1) is 16.2. The third-order valence-corrected chi connectivity index (χ3v) is 5.54. The number of nitro benzene ring substituents is 1. The molecule has 0 unspecified atom stereocenters. The van der Waals surface area contributed by atoms with Crippen LogP contribution in [0.4, 0.5) is 21.7 Å². The van der Waals surface area contributed by atoms with Gasteiger partial charge in [-0.3, -0.25) is 24.7 Å². The molecule has 4 rings (SSSR count). The Morgan fingerprint density at radius 1 is 1.09 bits per heavy atom. The van der Waals surface area contributed by atoms with Gasteiger partial charge in [-0.15, -0.1) is 0 Å². The summed E-state index contributed by atoms with van der Waals surface area (Å²) in [6.45, 7) is 0.0286. The van der Waals surface area contributed by atoms with Gasteiger partial charge in [0.05, 0.1) is 31.4 Å². The number of nitrogens with zero attached hydrogens (tertiary/aromatic N) is 2. The Hall–Kier alpha value is -4.02. The maximum atomic E-state index is 13.1. The van der Waals surface area contributed by atoms with Gasteiger partial charge in [0.1, 0.15) is 5.82 Å². The summed E-state index contributed by atoms with van der Waals surface area (Å²) in [5, 5.41) is 17.3. The standard InChI is InChI=1S/C22H14Cl2FN5O4/c23-17-6-5-13(7-18(17)24)27-22-28-19-15(8-14(30(33)34)9-16(19)21(32)29-22)20(31)26-10-11-1-3-12(25)4-2-11/h1-9H,10H2,(H,26,31)(H2,27,28,29,32). The fourth-order valence-electron chi connectivity index (χ4n) is 3.16. The molecular formula is C22H14Cl2FN5O4. The molecule has 0 aliphatic carbocycles. The highest BCUT2D eigenvalue weighted by Gasteiger charge is 2.20. The molecule has 34 heavy (non-hydrogen) atoms. The van der Waals surface area contributed by atoms with Gasteiger partial charge in [-0.25, -0.2) is 9.37 Å². The largest absolute Gasteiger partial charge is 0.348 e. The van der Waals surface area contributed by atoms with Crippen molar-refractivity contribution in [2.24, 2.45) is 0 Å². The maximum absolute atomic E-state index is 13.1. The number of non-ortho nitro benzene ring substituents is 1. The SMILES string of the molecule is O=C(NCc1ccc(F)cc1)c1cc([N+](=O)[O-])cc2c(=O)[nH]c(Nc3ccc(Cl)c(Cl)c3)nc12. The number of aromatic nitrogens is 2. The fourth-order valence-corrected chi connectivity index (χ4v) is 3.45. The van der Waals surface area contributed by atoms with Crippen molar-refractivity contribution in [1.82, 2.24) is 15.3 Å². The molecule has 172 valence electrons. The van der Waals surface area contributed by atoms with Gasteiger partial charge in [0.25, 0.3) is 17.2 Å². The van der Waals surface area contributed by atoms with Gasteiger partial charge in [-0.2, -0.15) is 0 Å². The van der Waals surface area contributed by atoms with Crippen LogP contribution in [0.5, 0.6) is 0 Å². The molecule has 0 fully saturated rings. The van der Waals surface area contributed by atoms with E-state index in [0.717, 1.165) is 12.1 Å². The molecule has 0 atom stereocenters. The Bertz CT molecular complexity index is 1490. The van der Waals surface area contributed by atoms with Crippen LogP contribution in [0, 0.1) is 15.9 Å². The van der Waals surface area contributed by atoms with E-state index in [2.05, 4.69) is 20.6 Å². The third kappa shape index (κ3) is 4.98. The van der Waals surface area contributed by atoms with Crippen LogP contribution in [0.25, 0.3) is 10.9 Å². The van der Waals surface area contributed by atoms with E-state index < -0.39 is 27.9 Å². The summed E-state index contributed by atoms with van der Waals surface area (Å²) in [6, 6.07) is 12.2. The van der Waals surface area contributed by atoms with Crippen molar-refractivity contribution in [3.8, 4) is 0 Å². The summed E-state index contributed by atoms with van der Waals surface area (Å²) in [5.41, 5.74) is -0.290. The third-order valence-electron chi connectivity index (χ3n) is 4.80. The van der Waals surface area contributed by atoms with Gasteiger partial charge in [-0.1, -0.05) is 35.3 Å². The van der Waals surface area contributed by atoms with Crippen molar-refractivity contribution < 1.29 is 14.1 Å². The monoisotopic (exact) mass is 501 g/mol. The quantitative estimate of drug-likeness (QED) is 0.253. The maximum Gasteiger partial charge on any atom is 0.271 e. The molecule has 1 amide bonds. The van der Waals surface area contributed by atoms with Crippen LogP contribution >= 0.6 is 23.2 Å². The molecule has 0 aliphatic rings. The minimum Gasteiger partial charge on any atom is -0.348 e. The Kier molecular flexibility index (Phi) is 6.44. The molecule has 3 N–H and O–H groups in total. The first kappa shape index (κ1) is 23.1. The van der Waals surface area contributed by atoms with E-state index >= 15 is 0 Å². The van der Waals surface area contributed by atoms with Crippen LogP contribution in [0.3, 0.4) is 0 Å². The number of H-pyrrole nitrogens is 1. The van der Waals surface area contributed by atoms with Crippen LogP contribution in [-0.2, 0) is 6.54 Å². The number of nitrogens with one attached hydrogen (secondary N) is 3. The van der Waals surface area contributed by atoms with Crippen LogP contribution < -0.4 is 16.2 Å². The minimum atomic E-state index is -0.711. The van der Waals surface area contributed by atoms with Crippen molar-refractivity contribution in [3.05, 3.63) is 102 Å². The number of carbonyl (C=O) groups excluding carboxylic acids is 1. The zero-order chi connectivity index (χ0) is 24.4. The number of halogens is 3. The van der Waals surface area contributed by atoms with Crippen molar-refractivity contribution >= 4 is 57.3 Å². The number of nitro groups is 1. The van der Waals surface area contributed by atoms with Gasteiger partial charge in [0.2, 0.25) is 5.95 Å². The molecule has 1 heterocycles. The smallest absolute Gasteiger partial charge is 0.271 e. The molecule has 0 saturated heterocycles. The summed E-state index contributed by atoms with van der Waals surface area (Å²) in [5.74, 6) is -1.14. The summed E-state index contributed by atoms with van der Waals surface area (Å²) in [7, 11) is 0. The van der Waals surface area contributed by atoms with Gasteiger partial charge < -0.3 is 10.6 Å². The fraction of sp³-hybridized carbons (Fsp3) is 0.0455. The zero-order valence-electron chi connectivity index (χ0n) is 17.1. The topological polar surface area (TPSA) is 130 Å². The second-order valence-electron chi connectivity index (χ2n) is 7.12. The number of anilines is 2. The van der Waals surface area contributed by atoms with E-state index in [1.54, 1.807) is 12.1 Å². The molecule has 9 nitrogen and oxygen atoms in total. The minimum absolute atomic E-state index is 0.0164. The first-order valence-corrected chi connectivity index (χ1v) is 10.4. The molecule has 0 bridgehead atoms. The number of aromatic amines is 1. The number of amides is 1. The lowest BCUT2D eigenvalue weighted by Crippen LogP contribution is -2.24. The van der Waals surface area contributed by atoms with Crippen LogP contribution in [-0.4, -0.2) is 20.8 Å². The Balaban J connectivity index is 1.74. The van der Waals surface area contributed by atoms with E-state index in [1.165, 1.54) is 30.3 Å². The van der Waals surface area contributed by atoms with Crippen LogP contribution in [0.1, 0.15) is 15.9 Å². The van der Waals surface area contributed by atoms with E-state index in [4.69, 9.17) is 23.2 Å². The van der Waals surface area contributed by atoms with Gasteiger partial charge in [-0.05, 0) is 35.9 Å². The van der Waals surface area contributed by atoms with E-state index in [1.807, 2.05) is 0 Å². The number of benzene rings is 3. The lowest BCUT2D eigenvalue weighted by molar-refractivity contribution is -0.384. The average molecular weight is 502 g/mol. The summed E-state index contributed by atoms with van der Waals surface area (Å²) >= 11 is 11.9. The predicted molar refractivity (Wildman–Crippen MR) is 126 cm³/mol. The Morgan fingerprint density at radius 3 is 2.50 bits per heavy atom. The number of hydrogen-bond acceptors (Lipinski definition) is 6. The molecular weight excluding hydrogens is 488 g/mol. The van der Waals surface area contributed by atoms with Crippen molar-refractivity contribution in [2.75, 3.05) is 5.32 Å². The van der Waals surface area contributed by atoms with Gasteiger partial charge in [0, 0.05) is 24.4 Å². The number of carbonyl (C=O) groups is 1. The lowest BCUT2D eigenvalue weighted by Gasteiger charge is -2.11. The molecule has 0 aliphatic heterocycles. The Morgan fingerprint density at radius 2 is 1.82 bits per heavy atom. The molecule has 0 saturated carbocycles. The van der Waals surface area contributed by atoms with E-state index in [0.29, 0.717) is 16.3 Å². The molecule has 0 radical (unpaired) electrons. The van der Waals surface area contributed by atoms with Crippen molar-refractivity contribution in [2.45, 2.75) is 6.54 Å². The van der Waals surface area contributed by atoms with Gasteiger partial charge in [0.15, 0.2) is 0 Å². The zero-order valence-corrected chi connectivity index (χ0v) is 18.6. The molecule has 3 aromatic carbocycles. The molecule has 4 aromatic rings. The normalized spacial score (nSPS) is 10.8. The lowest BCUT2D eigenvalue weighted by atomic mass is 10.1. The summed E-state index contributed by atoms with van der Waals surface area (Å²) in [6.07, 6.45) is 0. The first-order valence-electron chi connectivity index (χ1n) is 9.68. The molecule has 12 heteroatoms. The molecule has 1 aromatic heterocycles. The highest BCUT2D eigenvalue weighted by molar-refractivity contribution is 6.42. The molecule has 0 spiro atoms. The average Bonchev–Trinajstić information content (AvgIpc) is 2.80. The predicted octanol–water partition coefficient (Wildman–Crippen LogP) is 4.95. The Labute approximate surface area is 200 Å².